The van der Waals surface area contributed by atoms with Crippen LogP contribution in [0.3, 0.4) is 0 Å². The molecule has 80 valence electrons. The number of esters is 1. The Morgan fingerprint density at radius 1 is 1.57 bits per heavy atom. The highest BCUT2D eigenvalue weighted by molar-refractivity contribution is 7.99. The normalized spacial score (nSPS) is 35.0. The number of hydrogen-bond donors (Lipinski definition) is 1. The number of aliphatic hydroxyl groups is 1. The molecule has 2 saturated heterocycles. The van der Waals surface area contributed by atoms with Crippen LogP contribution >= 0.6 is 11.8 Å². The molecule has 0 spiro atoms. The molecule has 1 unspecified atom stereocenters. The summed E-state index contributed by atoms with van der Waals surface area (Å²) in [7, 11) is 1.37. The second kappa shape index (κ2) is 3.40. The van der Waals surface area contributed by atoms with Gasteiger partial charge in [-0.05, 0) is 12.2 Å². The zero-order valence-corrected chi connectivity index (χ0v) is 8.93. The van der Waals surface area contributed by atoms with Crippen molar-refractivity contribution in [1.82, 2.24) is 0 Å². The summed E-state index contributed by atoms with van der Waals surface area (Å²) in [6, 6.07) is 0. The monoisotopic (exact) mass is 218 g/mol. The van der Waals surface area contributed by atoms with Crippen molar-refractivity contribution in [1.29, 1.82) is 0 Å². The minimum absolute atomic E-state index is 0.253. The molecule has 0 aromatic rings. The number of carbonyl (C=O) groups excluding carboxylic acids is 1. The van der Waals surface area contributed by atoms with Gasteiger partial charge in [0.15, 0.2) is 0 Å². The van der Waals surface area contributed by atoms with Crippen molar-refractivity contribution in [3.63, 3.8) is 0 Å². The SMILES string of the molecule is COC(=O)C1(C2(O)COC2)CCSC1. The van der Waals surface area contributed by atoms with Gasteiger partial charge in [-0.15, -0.1) is 0 Å². The van der Waals surface area contributed by atoms with Gasteiger partial charge in [-0.1, -0.05) is 0 Å². The fourth-order valence-corrected chi connectivity index (χ4v) is 3.57. The van der Waals surface area contributed by atoms with Crippen molar-refractivity contribution >= 4 is 17.7 Å². The summed E-state index contributed by atoms with van der Waals surface area (Å²) < 4.78 is 9.79. The van der Waals surface area contributed by atoms with Crippen LogP contribution in [-0.4, -0.2) is 48.5 Å². The van der Waals surface area contributed by atoms with Gasteiger partial charge in [0.1, 0.15) is 11.0 Å². The molecule has 0 aromatic carbocycles. The van der Waals surface area contributed by atoms with E-state index in [9.17, 15) is 9.90 Å². The summed E-state index contributed by atoms with van der Waals surface area (Å²) >= 11 is 1.68. The lowest BCUT2D eigenvalue weighted by atomic mass is 9.70. The highest BCUT2D eigenvalue weighted by Crippen LogP contribution is 2.48. The molecule has 0 bridgehead atoms. The first-order valence-corrected chi connectivity index (χ1v) is 5.76. The van der Waals surface area contributed by atoms with Crippen LogP contribution in [0.15, 0.2) is 0 Å². The lowest BCUT2D eigenvalue weighted by Gasteiger charge is -2.47. The third-order valence-corrected chi connectivity index (χ3v) is 4.36. The van der Waals surface area contributed by atoms with Gasteiger partial charge in [0, 0.05) is 5.75 Å². The molecule has 0 amide bonds. The molecule has 4 nitrogen and oxygen atoms in total. The van der Waals surface area contributed by atoms with E-state index in [-0.39, 0.29) is 19.2 Å². The molecule has 14 heavy (non-hydrogen) atoms. The molecule has 5 heteroatoms. The number of thioether (sulfide) groups is 1. The van der Waals surface area contributed by atoms with Gasteiger partial charge in [0.2, 0.25) is 0 Å². The molecule has 2 rings (SSSR count). The van der Waals surface area contributed by atoms with Gasteiger partial charge < -0.3 is 14.6 Å². The van der Waals surface area contributed by atoms with E-state index in [1.807, 2.05) is 0 Å². The number of carbonyl (C=O) groups is 1. The van der Waals surface area contributed by atoms with Crippen molar-refractivity contribution < 1.29 is 19.4 Å². The fourth-order valence-electron chi connectivity index (χ4n) is 2.05. The third kappa shape index (κ3) is 1.19. The van der Waals surface area contributed by atoms with E-state index >= 15 is 0 Å². The summed E-state index contributed by atoms with van der Waals surface area (Å²) in [4.78, 5) is 11.7. The van der Waals surface area contributed by atoms with Crippen LogP contribution in [0.2, 0.25) is 0 Å². The molecule has 2 aliphatic rings. The van der Waals surface area contributed by atoms with Crippen molar-refractivity contribution in [2.45, 2.75) is 12.0 Å². The van der Waals surface area contributed by atoms with Crippen molar-refractivity contribution in [3.8, 4) is 0 Å². The topological polar surface area (TPSA) is 55.8 Å². The van der Waals surface area contributed by atoms with Crippen molar-refractivity contribution in [3.05, 3.63) is 0 Å². The van der Waals surface area contributed by atoms with Crippen molar-refractivity contribution in [2.75, 3.05) is 31.8 Å². The summed E-state index contributed by atoms with van der Waals surface area (Å²) in [6.45, 7) is 0.505. The van der Waals surface area contributed by atoms with Crippen LogP contribution < -0.4 is 0 Å². The fraction of sp³-hybridized carbons (Fsp3) is 0.889. The Hall–Kier alpha value is -0.260. The molecule has 2 aliphatic heterocycles. The van der Waals surface area contributed by atoms with E-state index < -0.39 is 11.0 Å². The molecule has 1 N–H and O–H groups in total. The van der Waals surface area contributed by atoms with Gasteiger partial charge in [0.25, 0.3) is 0 Å². The van der Waals surface area contributed by atoms with Gasteiger partial charge in [-0.3, -0.25) is 4.79 Å². The number of hydrogen-bond acceptors (Lipinski definition) is 5. The Kier molecular flexibility index (Phi) is 2.49. The zero-order valence-electron chi connectivity index (χ0n) is 8.12. The van der Waals surface area contributed by atoms with Crippen LogP contribution in [0.5, 0.6) is 0 Å². The van der Waals surface area contributed by atoms with Crippen LogP contribution in [0.25, 0.3) is 0 Å². The molecule has 0 radical (unpaired) electrons. The molecule has 0 aromatic heterocycles. The average Bonchev–Trinajstić information content (AvgIpc) is 2.63. The summed E-state index contributed by atoms with van der Waals surface area (Å²) in [6.07, 6.45) is 0.685. The Labute approximate surface area is 87.0 Å². The minimum atomic E-state index is -0.996. The summed E-state index contributed by atoms with van der Waals surface area (Å²) in [5.74, 6) is 1.24. The molecule has 1 atom stereocenters. The predicted octanol–water partition coefficient (Wildman–Crippen LogP) is 0.0440. The standard InChI is InChI=1S/C9H14O4S/c1-12-7(10)8(2-3-14-6-8)9(11)4-13-5-9/h11H,2-6H2,1H3. The van der Waals surface area contributed by atoms with E-state index in [1.165, 1.54) is 7.11 Å². The molecule has 0 saturated carbocycles. The number of rotatable bonds is 2. The highest BCUT2D eigenvalue weighted by atomic mass is 32.2. The number of methoxy groups -OCH3 is 1. The van der Waals surface area contributed by atoms with Gasteiger partial charge in [-0.25, -0.2) is 0 Å². The van der Waals surface area contributed by atoms with E-state index in [0.717, 1.165) is 5.75 Å². The first-order chi connectivity index (χ1) is 6.65. The Balaban J connectivity index is 2.25. The largest absolute Gasteiger partial charge is 0.468 e. The van der Waals surface area contributed by atoms with Gasteiger partial charge >= 0.3 is 5.97 Å². The maximum atomic E-state index is 11.7. The first-order valence-electron chi connectivity index (χ1n) is 4.61. The maximum Gasteiger partial charge on any atom is 0.315 e. The minimum Gasteiger partial charge on any atom is -0.468 e. The second-order valence-corrected chi connectivity index (χ2v) is 5.01. The van der Waals surface area contributed by atoms with Crippen LogP contribution in [-0.2, 0) is 14.3 Å². The molecule has 0 aliphatic carbocycles. The quantitative estimate of drug-likeness (QED) is 0.663. The van der Waals surface area contributed by atoms with Gasteiger partial charge in [-0.2, -0.15) is 11.8 Å². The molecule has 2 fully saturated rings. The Bertz CT molecular complexity index is 243. The lowest BCUT2D eigenvalue weighted by Crippen LogP contribution is -2.65. The smallest absolute Gasteiger partial charge is 0.315 e. The first kappa shape index (κ1) is 10.3. The molecular weight excluding hydrogens is 204 g/mol. The number of ether oxygens (including phenoxy) is 2. The highest BCUT2D eigenvalue weighted by Gasteiger charge is 2.61. The van der Waals surface area contributed by atoms with Crippen molar-refractivity contribution in [2.24, 2.45) is 5.41 Å². The van der Waals surface area contributed by atoms with Gasteiger partial charge in [0.05, 0.1) is 20.3 Å². The average molecular weight is 218 g/mol. The zero-order chi connectivity index (χ0) is 10.2. The van der Waals surface area contributed by atoms with Crippen LogP contribution in [0.4, 0.5) is 0 Å². The maximum absolute atomic E-state index is 11.7. The lowest BCUT2D eigenvalue weighted by molar-refractivity contribution is -0.240. The Morgan fingerprint density at radius 2 is 2.29 bits per heavy atom. The van der Waals surface area contributed by atoms with E-state index in [0.29, 0.717) is 12.2 Å². The van der Waals surface area contributed by atoms with Crippen LogP contribution in [0.1, 0.15) is 6.42 Å². The summed E-state index contributed by atoms with van der Waals surface area (Å²) in [5.41, 5.74) is -1.73. The second-order valence-electron chi connectivity index (χ2n) is 3.90. The molecule has 2 heterocycles. The van der Waals surface area contributed by atoms with Crippen LogP contribution in [0, 0.1) is 5.41 Å². The summed E-state index contributed by atoms with van der Waals surface area (Å²) in [5, 5.41) is 10.2. The predicted molar refractivity (Wildman–Crippen MR) is 52.2 cm³/mol. The Morgan fingerprint density at radius 3 is 2.64 bits per heavy atom. The third-order valence-electron chi connectivity index (χ3n) is 3.17. The van der Waals surface area contributed by atoms with E-state index in [1.54, 1.807) is 11.8 Å². The van der Waals surface area contributed by atoms with E-state index in [4.69, 9.17) is 9.47 Å². The van der Waals surface area contributed by atoms with E-state index in [2.05, 4.69) is 0 Å². The molecular formula is C9H14O4S.